The fourth-order valence-electron chi connectivity index (χ4n) is 1.43. The van der Waals surface area contributed by atoms with E-state index in [1.54, 1.807) is 0 Å². The Labute approximate surface area is 131 Å². The molecular weight excluding hydrogens is 268 g/mol. The quantitative estimate of drug-likeness (QED) is 0.348. The number of rotatable bonds is 8. The molecular formula is C17H36O4. The predicted molar refractivity (Wildman–Crippen MR) is 85.5 cm³/mol. The zero-order chi connectivity index (χ0) is 16.9. The minimum Gasteiger partial charge on any atom is -0.228 e. The summed E-state index contributed by atoms with van der Waals surface area (Å²) < 4.78 is 0. The Bertz CT molecular complexity index is 266. The molecule has 0 bridgehead atoms. The van der Waals surface area contributed by atoms with Gasteiger partial charge in [-0.25, -0.2) is 19.6 Å². The topological polar surface area (TPSA) is 36.9 Å². The van der Waals surface area contributed by atoms with Crippen LogP contribution in [0.1, 0.15) is 82.1 Å². The van der Waals surface area contributed by atoms with E-state index in [0.717, 1.165) is 12.8 Å². The molecule has 4 heteroatoms. The van der Waals surface area contributed by atoms with Crippen LogP contribution in [0.5, 0.6) is 0 Å². The minimum atomic E-state index is -0.574. The maximum absolute atomic E-state index is 5.55. The van der Waals surface area contributed by atoms with Gasteiger partial charge in [0, 0.05) is 5.41 Å². The van der Waals surface area contributed by atoms with Gasteiger partial charge in [-0.1, -0.05) is 34.1 Å². The van der Waals surface area contributed by atoms with Crippen molar-refractivity contribution in [3.05, 3.63) is 0 Å². The van der Waals surface area contributed by atoms with Crippen LogP contribution < -0.4 is 0 Å². The molecule has 128 valence electrons. The standard InChI is InChI=1S/C17H36O4/c1-13(2)11-12-17(9,10)14(18-20-15(3,4)5)19-21-16(6,7)8/h13-14H,11-12H2,1-10H3. The van der Waals surface area contributed by atoms with Gasteiger partial charge in [0.1, 0.15) is 0 Å². The molecule has 0 rings (SSSR count). The fourth-order valence-corrected chi connectivity index (χ4v) is 1.43. The van der Waals surface area contributed by atoms with Crippen molar-refractivity contribution in [2.75, 3.05) is 0 Å². The average Bonchev–Trinajstić information content (AvgIpc) is 2.23. The summed E-state index contributed by atoms with van der Waals surface area (Å²) in [5.74, 6) is 0.636. The zero-order valence-electron chi connectivity index (χ0n) is 15.7. The largest absolute Gasteiger partial charge is 0.229 e. The van der Waals surface area contributed by atoms with Crippen LogP contribution in [0.3, 0.4) is 0 Å². The maximum atomic E-state index is 5.55. The van der Waals surface area contributed by atoms with Crippen LogP contribution in [0.15, 0.2) is 0 Å². The van der Waals surface area contributed by atoms with Crippen molar-refractivity contribution < 1.29 is 19.6 Å². The Balaban J connectivity index is 4.75. The lowest BCUT2D eigenvalue weighted by Gasteiger charge is -2.35. The van der Waals surface area contributed by atoms with Crippen LogP contribution in [0.2, 0.25) is 0 Å². The van der Waals surface area contributed by atoms with E-state index in [0.29, 0.717) is 5.92 Å². The summed E-state index contributed by atoms with van der Waals surface area (Å²) in [5.41, 5.74) is -0.990. The molecule has 0 atom stereocenters. The van der Waals surface area contributed by atoms with E-state index in [1.165, 1.54) is 0 Å². The highest BCUT2D eigenvalue weighted by Gasteiger charge is 2.35. The summed E-state index contributed by atoms with van der Waals surface area (Å²) in [6, 6.07) is 0. The molecule has 0 aliphatic rings. The third-order valence-corrected chi connectivity index (χ3v) is 2.78. The molecule has 0 aliphatic carbocycles. The van der Waals surface area contributed by atoms with E-state index < -0.39 is 17.5 Å². The van der Waals surface area contributed by atoms with Crippen molar-refractivity contribution in [2.45, 2.75) is 99.6 Å². The van der Waals surface area contributed by atoms with Crippen molar-refractivity contribution in [3.8, 4) is 0 Å². The molecule has 0 radical (unpaired) electrons. The second-order valence-electron chi connectivity index (χ2n) is 8.84. The third kappa shape index (κ3) is 11.1. The van der Waals surface area contributed by atoms with Gasteiger partial charge in [-0.2, -0.15) is 0 Å². The lowest BCUT2D eigenvalue weighted by molar-refractivity contribution is -0.514. The predicted octanol–water partition coefficient (Wildman–Crippen LogP) is 5.27. The van der Waals surface area contributed by atoms with Crippen molar-refractivity contribution in [3.63, 3.8) is 0 Å². The lowest BCUT2D eigenvalue weighted by atomic mass is 9.85. The molecule has 0 unspecified atom stereocenters. The van der Waals surface area contributed by atoms with Gasteiger partial charge in [0.2, 0.25) is 6.29 Å². The van der Waals surface area contributed by atoms with Crippen LogP contribution in [-0.2, 0) is 19.6 Å². The Kier molecular flexibility index (Phi) is 7.85. The molecule has 0 aromatic carbocycles. The lowest BCUT2D eigenvalue weighted by Crippen LogP contribution is -2.39. The van der Waals surface area contributed by atoms with Crippen molar-refractivity contribution in [2.24, 2.45) is 11.3 Å². The van der Waals surface area contributed by atoms with Crippen LogP contribution in [0.4, 0.5) is 0 Å². The van der Waals surface area contributed by atoms with Gasteiger partial charge < -0.3 is 0 Å². The van der Waals surface area contributed by atoms with Crippen molar-refractivity contribution >= 4 is 0 Å². The zero-order valence-corrected chi connectivity index (χ0v) is 15.7. The molecule has 4 nitrogen and oxygen atoms in total. The van der Waals surface area contributed by atoms with E-state index in [4.69, 9.17) is 19.6 Å². The highest BCUT2D eigenvalue weighted by Crippen LogP contribution is 2.33. The van der Waals surface area contributed by atoms with Gasteiger partial charge in [0.25, 0.3) is 0 Å². The molecule has 0 saturated heterocycles. The summed E-state index contributed by atoms with van der Waals surface area (Å²) in [4.78, 5) is 22.0. The average molecular weight is 304 g/mol. The van der Waals surface area contributed by atoms with E-state index >= 15 is 0 Å². The van der Waals surface area contributed by atoms with Gasteiger partial charge in [0.15, 0.2) is 0 Å². The van der Waals surface area contributed by atoms with Gasteiger partial charge in [-0.15, -0.1) is 0 Å². The smallest absolute Gasteiger partial charge is 0.228 e. The SMILES string of the molecule is CC(C)CCC(C)(C)C(OOC(C)(C)C)OOC(C)(C)C. The first-order chi connectivity index (χ1) is 9.23. The summed E-state index contributed by atoms with van der Waals surface area (Å²) in [6.07, 6.45) is 1.49. The van der Waals surface area contributed by atoms with Gasteiger partial charge >= 0.3 is 0 Å². The molecule has 0 amide bonds. The monoisotopic (exact) mass is 304 g/mol. The third-order valence-electron chi connectivity index (χ3n) is 2.78. The molecule has 0 heterocycles. The van der Waals surface area contributed by atoms with E-state index in [-0.39, 0.29) is 5.41 Å². The van der Waals surface area contributed by atoms with E-state index in [2.05, 4.69) is 27.7 Å². The van der Waals surface area contributed by atoms with Gasteiger partial charge in [0.05, 0.1) is 11.2 Å². The molecule has 0 aliphatic heterocycles. The molecule has 0 spiro atoms. The summed E-state index contributed by atoms with van der Waals surface area (Å²) in [7, 11) is 0. The first-order valence-corrected chi connectivity index (χ1v) is 7.92. The first kappa shape index (κ1) is 20.8. The van der Waals surface area contributed by atoms with Crippen LogP contribution in [0, 0.1) is 11.3 Å². The highest BCUT2D eigenvalue weighted by molar-refractivity contribution is 4.73. The molecule has 0 aromatic rings. The Morgan fingerprint density at radius 1 is 0.714 bits per heavy atom. The highest BCUT2D eigenvalue weighted by atomic mass is 17.3. The molecule has 0 N–H and O–H groups in total. The second-order valence-corrected chi connectivity index (χ2v) is 8.84. The molecule has 21 heavy (non-hydrogen) atoms. The maximum Gasteiger partial charge on any atom is 0.229 e. The Morgan fingerprint density at radius 3 is 1.38 bits per heavy atom. The van der Waals surface area contributed by atoms with Crippen molar-refractivity contribution in [1.82, 2.24) is 0 Å². The van der Waals surface area contributed by atoms with Crippen molar-refractivity contribution in [1.29, 1.82) is 0 Å². The Morgan fingerprint density at radius 2 is 1.10 bits per heavy atom. The van der Waals surface area contributed by atoms with Crippen LogP contribution in [-0.4, -0.2) is 17.5 Å². The Hall–Kier alpha value is -0.160. The molecule has 0 aromatic heterocycles. The minimum absolute atomic E-state index is 0.208. The van der Waals surface area contributed by atoms with E-state index in [1.807, 2.05) is 41.5 Å². The van der Waals surface area contributed by atoms with Gasteiger partial charge in [-0.3, -0.25) is 0 Å². The molecule has 0 saturated carbocycles. The molecule has 0 fully saturated rings. The van der Waals surface area contributed by atoms with E-state index in [9.17, 15) is 0 Å². The number of hydrogen-bond donors (Lipinski definition) is 0. The van der Waals surface area contributed by atoms with Crippen LogP contribution in [0.25, 0.3) is 0 Å². The normalized spacial score (nSPS) is 14.3. The second kappa shape index (κ2) is 7.91. The summed E-state index contributed by atoms with van der Waals surface area (Å²) in [5, 5.41) is 0. The van der Waals surface area contributed by atoms with Crippen LogP contribution >= 0.6 is 0 Å². The summed E-state index contributed by atoms with van der Waals surface area (Å²) in [6.45, 7) is 20.3. The van der Waals surface area contributed by atoms with Gasteiger partial charge in [-0.05, 0) is 53.9 Å². The number of hydrogen-bond acceptors (Lipinski definition) is 4. The summed E-state index contributed by atoms with van der Waals surface area (Å²) >= 11 is 0. The fraction of sp³-hybridized carbons (Fsp3) is 1.00. The first-order valence-electron chi connectivity index (χ1n) is 7.92.